The Labute approximate surface area is 213 Å². The number of likely N-dealkylation sites (tertiary alicyclic amines) is 1. The molecule has 186 valence electrons. The molecule has 34 heavy (non-hydrogen) atoms. The van der Waals surface area contributed by atoms with E-state index in [2.05, 4.69) is 21.2 Å². The van der Waals surface area contributed by atoms with Gasteiger partial charge in [-0.2, -0.15) is 0 Å². The zero-order chi connectivity index (χ0) is 24.8. The molecule has 7 nitrogen and oxygen atoms in total. The number of fused-ring (bicyclic) bond motifs is 1. The second-order valence-electron chi connectivity index (χ2n) is 10.4. The molecule has 1 spiro atoms. The fourth-order valence-corrected chi connectivity index (χ4v) is 9.43. The van der Waals surface area contributed by atoms with Crippen molar-refractivity contribution in [3.05, 3.63) is 35.9 Å². The van der Waals surface area contributed by atoms with Crippen LogP contribution in [0, 0.1) is 11.8 Å². The summed E-state index contributed by atoms with van der Waals surface area (Å²) in [6, 6.07) is 8.26. The molecule has 1 aromatic rings. The summed E-state index contributed by atoms with van der Waals surface area (Å²) in [5.74, 6) is -2.15. The van der Waals surface area contributed by atoms with Crippen molar-refractivity contribution in [3.8, 4) is 0 Å². The quantitative estimate of drug-likeness (QED) is 0.398. The summed E-state index contributed by atoms with van der Waals surface area (Å²) in [7, 11) is 0. The van der Waals surface area contributed by atoms with E-state index < -0.39 is 34.2 Å². The highest BCUT2D eigenvalue weighted by Crippen LogP contribution is 2.68. The SMILES string of the molecule is CCOC(=O)[C@H]1[C@H]2C(=O)N([C@@H](CO)Cc3ccccc3)C(C(=O)NC(C)(C)C)C23CC(Br)[C@@H]1S3. The number of hydrogen-bond acceptors (Lipinski definition) is 6. The Morgan fingerprint density at radius 2 is 2.00 bits per heavy atom. The Bertz CT molecular complexity index is 954. The molecule has 3 aliphatic rings. The lowest BCUT2D eigenvalue weighted by molar-refractivity contribution is -0.154. The summed E-state index contributed by atoms with van der Waals surface area (Å²) in [4.78, 5) is 42.5. The van der Waals surface area contributed by atoms with E-state index >= 15 is 0 Å². The number of aliphatic hydroxyl groups excluding tert-OH is 1. The molecule has 0 aliphatic carbocycles. The molecule has 3 aliphatic heterocycles. The number of esters is 1. The van der Waals surface area contributed by atoms with E-state index in [0.717, 1.165) is 5.56 Å². The summed E-state index contributed by atoms with van der Waals surface area (Å²) in [6.07, 6.45) is 1.01. The third-order valence-electron chi connectivity index (χ3n) is 6.95. The number of benzene rings is 1. The highest BCUT2D eigenvalue weighted by Gasteiger charge is 2.76. The molecule has 9 heteroatoms. The van der Waals surface area contributed by atoms with Crippen molar-refractivity contribution < 1.29 is 24.2 Å². The molecule has 0 radical (unpaired) electrons. The van der Waals surface area contributed by atoms with Crippen LogP contribution >= 0.6 is 27.7 Å². The van der Waals surface area contributed by atoms with Crippen LogP contribution in [0.4, 0.5) is 0 Å². The van der Waals surface area contributed by atoms with Crippen molar-refractivity contribution in [2.75, 3.05) is 13.2 Å². The maximum Gasteiger partial charge on any atom is 0.310 e. The monoisotopic (exact) mass is 552 g/mol. The zero-order valence-corrected chi connectivity index (χ0v) is 22.4. The number of amides is 2. The minimum Gasteiger partial charge on any atom is -0.466 e. The van der Waals surface area contributed by atoms with Gasteiger partial charge in [0.15, 0.2) is 0 Å². The molecular weight excluding hydrogens is 520 g/mol. The summed E-state index contributed by atoms with van der Waals surface area (Å²) >= 11 is 5.30. The Kier molecular flexibility index (Phi) is 7.10. The van der Waals surface area contributed by atoms with E-state index in [1.807, 2.05) is 51.1 Å². The van der Waals surface area contributed by atoms with Gasteiger partial charge in [-0.15, -0.1) is 11.8 Å². The summed E-state index contributed by atoms with van der Waals surface area (Å²) in [5, 5.41) is 13.3. The highest BCUT2D eigenvalue weighted by molar-refractivity contribution is 9.09. The predicted molar refractivity (Wildman–Crippen MR) is 135 cm³/mol. The largest absolute Gasteiger partial charge is 0.466 e. The molecule has 3 unspecified atom stereocenters. The van der Waals surface area contributed by atoms with E-state index in [9.17, 15) is 19.5 Å². The number of nitrogens with one attached hydrogen (secondary N) is 1. The molecule has 7 atom stereocenters. The minimum absolute atomic E-state index is 0.0115. The number of carbonyl (C=O) groups excluding carboxylic acids is 3. The molecule has 3 saturated heterocycles. The first-order valence-electron chi connectivity index (χ1n) is 11.8. The smallest absolute Gasteiger partial charge is 0.310 e. The zero-order valence-electron chi connectivity index (χ0n) is 20.0. The first-order valence-corrected chi connectivity index (χ1v) is 13.6. The van der Waals surface area contributed by atoms with Crippen molar-refractivity contribution in [2.24, 2.45) is 11.8 Å². The first kappa shape index (κ1) is 25.5. The Hall–Kier alpha value is -1.58. The lowest BCUT2D eigenvalue weighted by atomic mass is 9.71. The van der Waals surface area contributed by atoms with Crippen molar-refractivity contribution in [1.82, 2.24) is 10.2 Å². The second-order valence-corrected chi connectivity index (χ2v) is 13.1. The lowest BCUT2D eigenvalue weighted by Gasteiger charge is -2.38. The lowest BCUT2D eigenvalue weighted by Crippen LogP contribution is -2.59. The molecule has 4 rings (SSSR count). The van der Waals surface area contributed by atoms with Crippen LogP contribution in [-0.4, -0.2) is 73.5 Å². The van der Waals surface area contributed by atoms with Gasteiger partial charge in [0.1, 0.15) is 6.04 Å². The Balaban J connectivity index is 1.78. The number of halogens is 1. The molecule has 0 aromatic heterocycles. The van der Waals surface area contributed by atoms with E-state index in [1.165, 1.54) is 0 Å². The van der Waals surface area contributed by atoms with Gasteiger partial charge in [0, 0.05) is 15.6 Å². The fourth-order valence-electron chi connectivity index (χ4n) is 5.84. The average Bonchev–Trinajstić information content (AvgIpc) is 3.35. The highest BCUT2D eigenvalue weighted by atomic mass is 79.9. The van der Waals surface area contributed by atoms with E-state index in [-0.39, 0.29) is 41.1 Å². The molecule has 1 aromatic carbocycles. The van der Waals surface area contributed by atoms with E-state index in [4.69, 9.17) is 4.74 Å². The van der Waals surface area contributed by atoms with Gasteiger partial charge in [0.25, 0.3) is 0 Å². The molecular formula is C25H33BrN2O5S. The van der Waals surface area contributed by atoms with Crippen molar-refractivity contribution >= 4 is 45.5 Å². The second kappa shape index (κ2) is 9.47. The van der Waals surface area contributed by atoms with E-state index in [0.29, 0.717) is 12.8 Å². The Morgan fingerprint density at radius 3 is 2.59 bits per heavy atom. The third kappa shape index (κ3) is 4.28. The summed E-state index contributed by atoms with van der Waals surface area (Å²) in [5.41, 5.74) is 0.473. The molecule has 2 amide bonds. The van der Waals surface area contributed by atoms with Gasteiger partial charge in [-0.25, -0.2) is 0 Å². The summed E-state index contributed by atoms with van der Waals surface area (Å²) < 4.78 is 4.62. The number of thioether (sulfide) groups is 1. The first-order chi connectivity index (χ1) is 16.0. The molecule has 0 saturated carbocycles. The summed E-state index contributed by atoms with van der Waals surface area (Å²) in [6.45, 7) is 7.43. The van der Waals surface area contributed by atoms with Gasteiger partial charge in [0.05, 0.1) is 35.8 Å². The topological polar surface area (TPSA) is 95.9 Å². The van der Waals surface area contributed by atoms with Gasteiger partial charge >= 0.3 is 5.97 Å². The van der Waals surface area contributed by atoms with Gasteiger partial charge in [-0.1, -0.05) is 46.3 Å². The maximum absolute atomic E-state index is 14.1. The minimum atomic E-state index is -0.792. The van der Waals surface area contributed by atoms with Crippen molar-refractivity contribution in [3.63, 3.8) is 0 Å². The van der Waals surface area contributed by atoms with Gasteiger partial charge in [-0.05, 0) is 46.1 Å². The van der Waals surface area contributed by atoms with Crippen LogP contribution in [0.3, 0.4) is 0 Å². The fraction of sp³-hybridized carbons (Fsp3) is 0.640. The predicted octanol–water partition coefficient (Wildman–Crippen LogP) is 2.53. The number of ether oxygens (including phenoxy) is 1. The third-order valence-corrected chi connectivity index (χ3v) is 10.2. The van der Waals surface area contributed by atoms with Crippen LogP contribution in [0.15, 0.2) is 30.3 Å². The van der Waals surface area contributed by atoms with Gasteiger partial charge < -0.3 is 20.1 Å². The van der Waals surface area contributed by atoms with Crippen molar-refractivity contribution in [1.29, 1.82) is 0 Å². The van der Waals surface area contributed by atoms with Crippen LogP contribution in [-0.2, 0) is 25.5 Å². The van der Waals surface area contributed by atoms with Crippen LogP contribution in [0.5, 0.6) is 0 Å². The number of aliphatic hydroxyl groups is 1. The molecule has 2 N–H and O–H groups in total. The number of hydrogen-bond donors (Lipinski definition) is 2. The molecule has 2 bridgehead atoms. The average molecular weight is 554 g/mol. The molecule has 3 fully saturated rings. The van der Waals surface area contributed by atoms with Gasteiger partial charge in [0.2, 0.25) is 11.8 Å². The molecule has 3 heterocycles. The number of rotatable bonds is 7. The number of alkyl halides is 1. The maximum atomic E-state index is 14.1. The van der Waals surface area contributed by atoms with Crippen LogP contribution < -0.4 is 5.32 Å². The number of nitrogens with zero attached hydrogens (tertiary/aromatic N) is 1. The Morgan fingerprint density at radius 1 is 1.32 bits per heavy atom. The number of carbonyl (C=O) groups is 3. The van der Waals surface area contributed by atoms with Crippen LogP contribution in [0.2, 0.25) is 0 Å². The van der Waals surface area contributed by atoms with Gasteiger partial charge in [-0.3, -0.25) is 14.4 Å². The standard InChI is InChI=1S/C25H33BrN2O5S/c1-5-33-23(32)17-18-22(31)28(15(13-29)11-14-9-7-6-8-10-14)20(21(30)27-24(2,3)4)25(18)12-16(26)19(17)34-25/h6-10,15-20,29H,5,11-13H2,1-4H3,(H,27,30)/t15-,16?,17+,18+,19+,20?,25?/m1/s1. The van der Waals surface area contributed by atoms with Crippen LogP contribution in [0.1, 0.15) is 39.7 Å². The normalized spacial score (nSPS) is 33.1. The van der Waals surface area contributed by atoms with Crippen molar-refractivity contribution in [2.45, 2.75) is 73.0 Å². The van der Waals surface area contributed by atoms with Crippen LogP contribution in [0.25, 0.3) is 0 Å². The van der Waals surface area contributed by atoms with E-state index in [1.54, 1.807) is 23.6 Å².